The number of sulfone groups is 1. The molecule has 0 aliphatic heterocycles. The molecule has 144 valence electrons. The highest BCUT2D eigenvalue weighted by Crippen LogP contribution is 2.31. The molecule has 11 heteroatoms. The number of thiazole rings is 1. The van der Waals surface area contributed by atoms with Crippen LogP contribution in [0.3, 0.4) is 0 Å². The van der Waals surface area contributed by atoms with Crippen molar-refractivity contribution < 1.29 is 21.6 Å². The van der Waals surface area contributed by atoms with Gasteiger partial charge in [-0.15, -0.1) is 11.3 Å². The van der Waals surface area contributed by atoms with Crippen molar-refractivity contribution in [1.82, 2.24) is 4.98 Å². The third kappa shape index (κ3) is 4.03. The van der Waals surface area contributed by atoms with Crippen LogP contribution in [0.15, 0.2) is 45.6 Å². The molecule has 0 saturated heterocycles. The first-order chi connectivity index (χ1) is 12.7. The molecule has 0 amide bonds. The van der Waals surface area contributed by atoms with Gasteiger partial charge < -0.3 is 4.74 Å². The number of halogens is 1. The zero-order valence-electron chi connectivity index (χ0n) is 14.3. The van der Waals surface area contributed by atoms with E-state index in [1.807, 2.05) is 0 Å². The van der Waals surface area contributed by atoms with E-state index in [2.05, 4.69) is 9.71 Å². The smallest absolute Gasteiger partial charge is 0.265 e. The van der Waals surface area contributed by atoms with Crippen molar-refractivity contribution in [2.45, 2.75) is 16.2 Å². The van der Waals surface area contributed by atoms with Gasteiger partial charge in [0, 0.05) is 5.02 Å². The van der Waals surface area contributed by atoms with Gasteiger partial charge in [-0.3, -0.25) is 4.72 Å². The summed E-state index contributed by atoms with van der Waals surface area (Å²) in [5.41, 5.74) is 0.754. The summed E-state index contributed by atoms with van der Waals surface area (Å²) >= 11 is 6.90. The maximum atomic E-state index is 12.7. The molecule has 0 fully saturated rings. The molecule has 1 heterocycles. The van der Waals surface area contributed by atoms with Gasteiger partial charge in [0.05, 0.1) is 28.8 Å². The van der Waals surface area contributed by atoms with Crippen molar-refractivity contribution in [3.8, 4) is 5.75 Å². The van der Waals surface area contributed by atoms with Crippen LogP contribution in [-0.4, -0.2) is 34.7 Å². The van der Waals surface area contributed by atoms with E-state index in [0.29, 0.717) is 10.2 Å². The second-order valence-electron chi connectivity index (χ2n) is 5.47. The lowest BCUT2D eigenvalue weighted by molar-refractivity contribution is 0.403. The molecule has 3 rings (SSSR count). The van der Waals surface area contributed by atoms with E-state index in [4.69, 9.17) is 16.3 Å². The number of hydrogen-bond acceptors (Lipinski definition) is 7. The van der Waals surface area contributed by atoms with Gasteiger partial charge in [0.15, 0.2) is 0 Å². The minimum Gasteiger partial charge on any atom is -0.495 e. The lowest BCUT2D eigenvalue weighted by atomic mass is 10.3. The molecule has 7 nitrogen and oxygen atoms in total. The summed E-state index contributed by atoms with van der Waals surface area (Å²) in [5.74, 6) is 0.100. The molecule has 2 aromatic carbocycles. The molecule has 1 aromatic heterocycles. The molecule has 0 atom stereocenters. The Morgan fingerprint density at radius 2 is 1.89 bits per heavy atom. The van der Waals surface area contributed by atoms with Gasteiger partial charge in [-0.05, 0) is 36.4 Å². The van der Waals surface area contributed by atoms with Crippen LogP contribution < -0.4 is 9.46 Å². The molecule has 0 spiro atoms. The average molecular weight is 447 g/mol. The van der Waals surface area contributed by atoms with Gasteiger partial charge >= 0.3 is 0 Å². The highest BCUT2D eigenvalue weighted by atomic mass is 35.5. The van der Waals surface area contributed by atoms with Gasteiger partial charge in [-0.2, -0.15) is 0 Å². The molecule has 27 heavy (non-hydrogen) atoms. The van der Waals surface area contributed by atoms with Crippen molar-refractivity contribution in [3.63, 3.8) is 0 Å². The quantitative estimate of drug-likeness (QED) is 0.621. The van der Waals surface area contributed by atoms with Gasteiger partial charge in [0.2, 0.25) is 14.2 Å². The summed E-state index contributed by atoms with van der Waals surface area (Å²) in [7, 11) is -6.03. The summed E-state index contributed by atoms with van der Waals surface area (Å²) in [6.45, 7) is 1.54. The number of ether oxygens (including phenoxy) is 1. The normalized spacial score (nSPS) is 12.3. The summed E-state index contributed by atoms with van der Waals surface area (Å²) < 4.78 is 57.5. The number of nitrogens with zero attached hydrogens (tertiary/aromatic N) is 1. The zero-order chi connectivity index (χ0) is 19.8. The maximum absolute atomic E-state index is 12.7. The third-order valence-corrected chi connectivity index (χ3v) is 8.53. The minimum absolute atomic E-state index is 0.0107. The lowest BCUT2D eigenvalue weighted by Crippen LogP contribution is -2.14. The second kappa shape index (κ2) is 7.27. The Balaban J connectivity index is 2.00. The van der Waals surface area contributed by atoms with Crippen molar-refractivity contribution >= 4 is 58.7 Å². The van der Waals surface area contributed by atoms with E-state index in [1.165, 1.54) is 37.4 Å². The van der Waals surface area contributed by atoms with Crippen molar-refractivity contribution in [2.75, 3.05) is 17.6 Å². The van der Waals surface area contributed by atoms with Crippen LogP contribution in [-0.2, 0) is 19.9 Å². The number of hydrogen-bond donors (Lipinski definition) is 1. The fraction of sp³-hybridized carbons (Fsp3) is 0.188. The summed E-state index contributed by atoms with van der Waals surface area (Å²) in [5, 5.41) is 0.253. The van der Waals surface area contributed by atoms with Crippen molar-refractivity contribution in [3.05, 3.63) is 41.4 Å². The van der Waals surface area contributed by atoms with Crippen LogP contribution in [0.5, 0.6) is 5.75 Å². The Labute approximate surface area is 165 Å². The Morgan fingerprint density at radius 3 is 2.56 bits per heavy atom. The van der Waals surface area contributed by atoms with Crippen LogP contribution in [0.2, 0.25) is 5.02 Å². The number of fused-ring (bicyclic) bond motifs is 1. The number of anilines is 1. The second-order valence-corrected chi connectivity index (χ2v) is 11.0. The minimum atomic E-state index is -3.97. The van der Waals surface area contributed by atoms with E-state index in [-0.39, 0.29) is 31.4 Å². The van der Waals surface area contributed by atoms with Crippen LogP contribution >= 0.6 is 22.9 Å². The van der Waals surface area contributed by atoms with E-state index in [1.54, 1.807) is 13.0 Å². The molecule has 0 bridgehead atoms. The average Bonchev–Trinajstić information content (AvgIpc) is 3.05. The number of sulfonamides is 1. The first-order valence-corrected chi connectivity index (χ1v) is 12.0. The first-order valence-electron chi connectivity index (χ1n) is 7.66. The number of nitrogens with one attached hydrogen (secondary N) is 1. The zero-order valence-corrected chi connectivity index (χ0v) is 17.5. The number of rotatable bonds is 6. The number of aromatic nitrogens is 1. The standard InChI is InChI=1S/C16H15ClN2O5S3/c1-3-26(20,21)16-18-12-6-5-11(9-14(12)25-16)19-27(22,23)15-8-10(17)4-7-13(15)24-2/h4-9,19H,3H2,1-2H3. The Bertz CT molecular complexity index is 1220. The molecule has 0 radical (unpaired) electrons. The molecule has 0 aliphatic rings. The SMILES string of the molecule is CCS(=O)(=O)c1nc2ccc(NS(=O)(=O)c3cc(Cl)ccc3OC)cc2s1. The molecule has 0 aliphatic carbocycles. The van der Waals surface area contributed by atoms with Crippen LogP contribution in [0.4, 0.5) is 5.69 Å². The highest BCUT2D eigenvalue weighted by Gasteiger charge is 2.21. The third-order valence-electron chi connectivity index (χ3n) is 3.68. The molecule has 1 N–H and O–H groups in total. The molecule has 0 unspecified atom stereocenters. The van der Waals surface area contributed by atoms with Crippen molar-refractivity contribution in [2.24, 2.45) is 0 Å². The molecular weight excluding hydrogens is 432 g/mol. The predicted octanol–water partition coefficient (Wildman–Crippen LogP) is 3.55. The first kappa shape index (κ1) is 19.9. The predicted molar refractivity (Wildman–Crippen MR) is 106 cm³/mol. The lowest BCUT2D eigenvalue weighted by Gasteiger charge is -2.12. The molecule has 0 saturated carbocycles. The summed E-state index contributed by atoms with van der Waals surface area (Å²) in [6, 6.07) is 8.90. The van der Waals surface area contributed by atoms with E-state index in [9.17, 15) is 16.8 Å². The van der Waals surface area contributed by atoms with Gasteiger partial charge in [0.1, 0.15) is 10.6 Å². The van der Waals surface area contributed by atoms with Crippen LogP contribution in [0, 0.1) is 0 Å². The Kier molecular flexibility index (Phi) is 5.35. The van der Waals surface area contributed by atoms with Crippen LogP contribution in [0.25, 0.3) is 10.2 Å². The summed E-state index contributed by atoms with van der Waals surface area (Å²) in [4.78, 5) is 4.01. The number of benzene rings is 2. The fourth-order valence-electron chi connectivity index (χ4n) is 2.29. The van der Waals surface area contributed by atoms with E-state index in [0.717, 1.165) is 11.3 Å². The highest BCUT2D eigenvalue weighted by molar-refractivity contribution is 7.93. The number of methoxy groups -OCH3 is 1. The summed E-state index contributed by atoms with van der Waals surface area (Å²) in [6.07, 6.45) is 0. The van der Waals surface area contributed by atoms with Gasteiger partial charge in [-0.1, -0.05) is 18.5 Å². The van der Waals surface area contributed by atoms with E-state index < -0.39 is 19.9 Å². The topological polar surface area (TPSA) is 102 Å². The van der Waals surface area contributed by atoms with Gasteiger partial charge in [0.25, 0.3) is 10.0 Å². The molecular formula is C16H15ClN2O5S3. The van der Waals surface area contributed by atoms with Gasteiger partial charge in [-0.25, -0.2) is 21.8 Å². The van der Waals surface area contributed by atoms with Crippen molar-refractivity contribution in [1.29, 1.82) is 0 Å². The monoisotopic (exact) mass is 446 g/mol. The largest absolute Gasteiger partial charge is 0.495 e. The van der Waals surface area contributed by atoms with Crippen LogP contribution in [0.1, 0.15) is 6.92 Å². The fourth-order valence-corrected chi connectivity index (χ4v) is 6.13. The molecule has 3 aromatic rings. The van der Waals surface area contributed by atoms with E-state index >= 15 is 0 Å². The maximum Gasteiger partial charge on any atom is 0.265 e. The Morgan fingerprint density at radius 1 is 1.15 bits per heavy atom. The Hall–Kier alpha value is -1.88.